The van der Waals surface area contributed by atoms with Gasteiger partial charge in [-0.15, -0.1) is 0 Å². The molecule has 1 amide bonds. The molecule has 2 aromatic rings. The predicted molar refractivity (Wildman–Crippen MR) is 140 cm³/mol. The summed E-state index contributed by atoms with van der Waals surface area (Å²) in [5.41, 5.74) is 3.67. The maximum absolute atomic E-state index is 13.9. The van der Waals surface area contributed by atoms with E-state index >= 15 is 0 Å². The van der Waals surface area contributed by atoms with Gasteiger partial charge in [0.15, 0.2) is 11.4 Å². The van der Waals surface area contributed by atoms with Crippen molar-refractivity contribution in [2.75, 3.05) is 20.7 Å². The molecular weight excluding hydrogens is 504 g/mol. The summed E-state index contributed by atoms with van der Waals surface area (Å²) in [6.45, 7) is 2.34. The highest BCUT2D eigenvalue weighted by atomic mass is 16.5. The third kappa shape index (κ3) is 3.74. The smallest absolute Gasteiger partial charge is 0.255 e. The Balaban J connectivity index is 1.70. The van der Waals surface area contributed by atoms with Gasteiger partial charge < -0.3 is 30.9 Å². The minimum Gasteiger partial charge on any atom is -0.510 e. The summed E-state index contributed by atoms with van der Waals surface area (Å²) in [5, 5.41) is 44.7. The van der Waals surface area contributed by atoms with Gasteiger partial charge in [-0.1, -0.05) is 18.2 Å². The number of allylic oxidation sites excluding steroid dienone is 1. The minimum atomic E-state index is -2.66. The fraction of sp³-hybridized carbons (Fsp3) is 0.345. The second kappa shape index (κ2) is 9.25. The number of hydrogen-bond donors (Lipinski definition) is 5. The molecule has 39 heavy (non-hydrogen) atoms. The second-order valence-electron chi connectivity index (χ2n) is 10.4. The van der Waals surface area contributed by atoms with E-state index in [1.807, 2.05) is 31.2 Å². The molecule has 0 heterocycles. The molecule has 3 aliphatic rings. The van der Waals surface area contributed by atoms with Crippen LogP contribution in [0.5, 0.6) is 11.5 Å². The number of aromatic hydroxyl groups is 1. The van der Waals surface area contributed by atoms with Crippen LogP contribution in [-0.4, -0.2) is 75.1 Å². The molecular formula is C29H30N2O8. The molecule has 0 unspecified atom stereocenters. The summed E-state index contributed by atoms with van der Waals surface area (Å²) in [7, 11) is 3.18. The molecule has 204 valence electrons. The molecule has 0 saturated heterocycles. The molecule has 3 aliphatic carbocycles. The number of amides is 1. The number of rotatable bonds is 5. The summed E-state index contributed by atoms with van der Waals surface area (Å²) < 4.78 is 5.62. The number of nitrogens with zero attached hydrogens (tertiary/aromatic N) is 1. The first-order valence-corrected chi connectivity index (χ1v) is 12.7. The number of carbonyl (C=O) groups excluding carboxylic acids is 3. The Labute approximate surface area is 224 Å². The van der Waals surface area contributed by atoms with E-state index in [2.05, 4.69) is 0 Å². The summed E-state index contributed by atoms with van der Waals surface area (Å²) in [6.07, 6.45) is 0.233. The molecule has 10 nitrogen and oxygen atoms in total. The van der Waals surface area contributed by atoms with Gasteiger partial charge in [0.05, 0.1) is 18.2 Å². The SMILES string of the molecule is CCOc1cccc(-c2ccc(O)c3c2C[C@H]2C[C@H]4[C@@H](N(C)C)C(O)=C(C(N)=O)C(=O)[C@@]4(O)C(O)=C2C3=O)c1. The number of phenols is 1. The topological polar surface area (TPSA) is 171 Å². The normalized spacial score (nSPS) is 26.3. The summed E-state index contributed by atoms with van der Waals surface area (Å²) in [5.74, 6) is -6.11. The molecule has 5 rings (SSSR count). The van der Waals surface area contributed by atoms with Crippen molar-refractivity contribution in [3.8, 4) is 22.6 Å². The lowest BCUT2D eigenvalue weighted by Crippen LogP contribution is -2.63. The Bertz CT molecular complexity index is 1490. The Morgan fingerprint density at radius 2 is 1.87 bits per heavy atom. The van der Waals surface area contributed by atoms with E-state index in [4.69, 9.17) is 10.5 Å². The largest absolute Gasteiger partial charge is 0.510 e. The van der Waals surface area contributed by atoms with Gasteiger partial charge in [0.2, 0.25) is 5.78 Å². The number of aliphatic hydroxyl groups is 3. The van der Waals surface area contributed by atoms with E-state index in [1.54, 1.807) is 20.2 Å². The van der Waals surface area contributed by atoms with Gasteiger partial charge in [0.1, 0.15) is 28.6 Å². The van der Waals surface area contributed by atoms with Crippen LogP contribution in [-0.2, 0) is 16.0 Å². The van der Waals surface area contributed by atoms with Gasteiger partial charge >= 0.3 is 0 Å². The van der Waals surface area contributed by atoms with Gasteiger partial charge in [-0.2, -0.15) is 0 Å². The lowest BCUT2D eigenvalue weighted by Gasteiger charge is -2.50. The second-order valence-corrected chi connectivity index (χ2v) is 10.4. The van der Waals surface area contributed by atoms with Gasteiger partial charge in [-0.25, -0.2) is 0 Å². The van der Waals surface area contributed by atoms with Crippen molar-refractivity contribution in [2.24, 2.45) is 17.6 Å². The Morgan fingerprint density at radius 1 is 1.15 bits per heavy atom. The van der Waals surface area contributed by atoms with Crippen molar-refractivity contribution in [1.82, 2.24) is 4.90 Å². The van der Waals surface area contributed by atoms with Crippen LogP contribution in [0.3, 0.4) is 0 Å². The summed E-state index contributed by atoms with van der Waals surface area (Å²) in [6, 6.07) is 9.38. The summed E-state index contributed by atoms with van der Waals surface area (Å²) in [4.78, 5) is 40.9. The molecule has 0 aliphatic heterocycles. The Hall–Kier alpha value is -4.15. The number of carbonyl (C=O) groups is 3. The number of fused-ring (bicyclic) bond motifs is 3. The third-order valence-electron chi connectivity index (χ3n) is 8.06. The first kappa shape index (κ1) is 26.5. The van der Waals surface area contributed by atoms with Crippen molar-refractivity contribution in [2.45, 2.75) is 31.4 Å². The lowest BCUT2D eigenvalue weighted by molar-refractivity contribution is -0.148. The van der Waals surface area contributed by atoms with Crippen LogP contribution in [0.2, 0.25) is 0 Å². The zero-order chi connectivity index (χ0) is 28.4. The highest BCUT2D eigenvalue weighted by molar-refractivity contribution is 6.24. The van der Waals surface area contributed by atoms with Crippen molar-refractivity contribution in [1.29, 1.82) is 0 Å². The maximum atomic E-state index is 13.9. The van der Waals surface area contributed by atoms with E-state index in [1.165, 1.54) is 11.0 Å². The Kier molecular flexibility index (Phi) is 6.27. The monoisotopic (exact) mass is 534 g/mol. The average Bonchev–Trinajstić information content (AvgIpc) is 2.86. The number of phenolic OH excluding ortho intramolecular Hbond substituents is 1. The maximum Gasteiger partial charge on any atom is 0.255 e. The number of ether oxygens (including phenoxy) is 1. The van der Waals surface area contributed by atoms with E-state index in [0.29, 0.717) is 23.5 Å². The third-order valence-corrected chi connectivity index (χ3v) is 8.06. The van der Waals surface area contributed by atoms with Crippen LogP contribution < -0.4 is 10.5 Å². The van der Waals surface area contributed by atoms with Crippen molar-refractivity contribution in [3.05, 3.63) is 70.2 Å². The number of primary amides is 1. The first-order valence-electron chi connectivity index (χ1n) is 12.7. The van der Waals surface area contributed by atoms with Crippen LogP contribution in [0.1, 0.15) is 29.3 Å². The quantitative estimate of drug-likeness (QED) is 0.361. The fourth-order valence-electron chi connectivity index (χ4n) is 6.44. The molecule has 2 aromatic carbocycles. The molecule has 0 bridgehead atoms. The van der Waals surface area contributed by atoms with Crippen LogP contribution >= 0.6 is 0 Å². The number of nitrogens with two attached hydrogens (primary N) is 1. The van der Waals surface area contributed by atoms with E-state index < -0.39 is 58.0 Å². The summed E-state index contributed by atoms with van der Waals surface area (Å²) >= 11 is 0. The number of hydrogen-bond acceptors (Lipinski definition) is 9. The minimum absolute atomic E-state index is 0.0276. The number of Topliss-reactive ketones (excluding diaryl/α,β-unsaturated/α-hetero) is 2. The molecule has 6 N–H and O–H groups in total. The molecule has 0 saturated carbocycles. The van der Waals surface area contributed by atoms with Crippen LogP contribution in [0.4, 0.5) is 0 Å². The number of ketones is 2. The fourth-order valence-corrected chi connectivity index (χ4v) is 6.44. The zero-order valence-electron chi connectivity index (χ0n) is 21.8. The highest BCUT2D eigenvalue weighted by Crippen LogP contribution is 2.53. The lowest BCUT2D eigenvalue weighted by atomic mass is 9.58. The van der Waals surface area contributed by atoms with E-state index in [0.717, 1.165) is 5.56 Å². The van der Waals surface area contributed by atoms with E-state index in [9.17, 15) is 34.8 Å². The van der Waals surface area contributed by atoms with Crippen molar-refractivity contribution in [3.63, 3.8) is 0 Å². The number of likely N-dealkylation sites (N-methyl/N-ethyl adjacent to an activating group) is 1. The average molecular weight is 535 g/mol. The van der Waals surface area contributed by atoms with Gasteiger partial charge in [0.25, 0.3) is 5.91 Å². The molecule has 4 atom stereocenters. The van der Waals surface area contributed by atoms with Crippen molar-refractivity contribution < 1.29 is 39.5 Å². The Morgan fingerprint density at radius 3 is 2.51 bits per heavy atom. The zero-order valence-corrected chi connectivity index (χ0v) is 21.8. The molecule has 0 fully saturated rings. The van der Waals surface area contributed by atoms with Crippen LogP contribution in [0.25, 0.3) is 11.1 Å². The predicted octanol–water partition coefficient (Wildman–Crippen LogP) is 2.19. The number of aliphatic hydroxyl groups excluding tert-OH is 2. The van der Waals surface area contributed by atoms with Gasteiger partial charge in [-0.3, -0.25) is 19.3 Å². The van der Waals surface area contributed by atoms with Crippen molar-refractivity contribution >= 4 is 17.5 Å². The highest BCUT2D eigenvalue weighted by Gasteiger charge is 2.63. The van der Waals surface area contributed by atoms with E-state index in [-0.39, 0.29) is 29.7 Å². The first-order chi connectivity index (χ1) is 18.4. The molecule has 10 heteroatoms. The number of benzene rings is 2. The molecule has 0 spiro atoms. The van der Waals surface area contributed by atoms with Gasteiger partial charge in [-0.05, 0) is 74.7 Å². The van der Waals surface area contributed by atoms with Crippen LogP contribution in [0, 0.1) is 11.8 Å². The van der Waals surface area contributed by atoms with Gasteiger partial charge in [0, 0.05) is 11.5 Å². The molecule has 0 radical (unpaired) electrons. The standard InChI is InChI=1S/C29H30N2O8/c1-4-39-15-7-5-6-13(10-15)16-8-9-19(32)21-17(16)11-14-12-18-23(31(2)3)25(34)22(28(30)37)27(36)29(18,38)26(35)20(14)24(21)33/h5-10,14,18,23,32,34-35,38H,4,11-12H2,1-3H3,(H2,30,37)/t14-,18-,23+,29-/m0/s1. The molecule has 0 aromatic heterocycles. The van der Waals surface area contributed by atoms with Crippen LogP contribution in [0.15, 0.2) is 59.1 Å².